The Morgan fingerprint density at radius 2 is 1.86 bits per heavy atom. The Morgan fingerprint density at radius 3 is 2.45 bits per heavy atom. The Kier molecular flexibility index (Phi) is 5.03. The van der Waals surface area contributed by atoms with Crippen LogP contribution in [0.3, 0.4) is 0 Å². The highest BCUT2D eigenvalue weighted by molar-refractivity contribution is 6.32. The summed E-state index contributed by atoms with van der Waals surface area (Å²) >= 11 is 6.10. The van der Waals surface area contributed by atoms with Crippen molar-refractivity contribution in [1.82, 2.24) is 0 Å². The number of carbonyl (C=O) groups excluding carboxylic acids is 1. The molecule has 0 heterocycles. The predicted molar refractivity (Wildman–Crippen MR) is 86.0 cm³/mol. The average Bonchev–Trinajstić information content (AvgIpc) is 2.44. The van der Waals surface area contributed by atoms with E-state index in [0.29, 0.717) is 16.5 Å². The lowest BCUT2D eigenvalue weighted by molar-refractivity contribution is -0.122. The van der Waals surface area contributed by atoms with Gasteiger partial charge in [0, 0.05) is 10.7 Å². The number of nitrogens with one attached hydrogen (secondary N) is 1. The number of carbonyl (C=O) groups is 1. The van der Waals surface area contributed by atoms with Crippen molar-refractivity contribution in [2.45, 2.75) is 26.9 Å². The monoisotopic (exact) mass is 321 g/mol. The number of hydrogen-bond acceptors (Lipinski definition) is 2. The Hall–Kier alpha value is -2.07. The number of halogens is 2. The molecular weight excluding hydrogens is 305 g/mol. The highest BCUT2D eigenvalue weighted by atomic mass is 35.5. The number of anilines is 1. The Balaban J connectivity index is 2.05. The second-order valence-electron chi connectivity index (χ2n) is 5.13. The highest BCUT2D eigenvalue weighted by Gasteiger charge is 2.16. The summed E-state index contributed by atoms with van der Waals surface area (Å²) in [6, 6.07) is 9.27. The fourth-order valence-electron chi connectivity index (χ4n) is 2.04. The van der Waals surface area contributed by atoms with Gasteiger partial charge in [0.2, 0.25) is 0 Å². The summed E-state index contributed by atoms with van der Waals surface area (Å²) in [5.41, 5.74) is 2.16. The van der Waals surface area contributed by atoms with Crippen molar-refractivity contribution in [1.29, 1.82) is 0 Å². The number of ether oxygens (including phenoxy) is 1. The second kappa shape index (κ2) is 6.79. The van der Waals surface area contributed by atoms with Crippen LogP contribution in [0, 0.1) is 19.7 Å². The van der Waals surface area contributed by atoms with E-state index >= 15 is 0 Å². The van der Waals surface area contributed by atoms with E-state index in [2.05, 4.69) is 5.32 Å². The Morgan fingerprint density at radius 1 is 1.23 bits per heavy atom. The van der Waals surface area contributed by atoms with Gasteiger partial charge in [-0.05, 0) is 62.2 Å². The maximum Gasteiger partial charge on any atom is 0.265 e. The first-order valence-corrected chi connectivity index (χ1v) is 7.24. The molecule has 0 saturated carbocycles. The number of hydrogen-bond donors (Lipinski definition) is 1. The molecule has 0 spiro atoms. The topological polar surface area (TPSA) is 38.3 Å². The molecule has 0 aliphatic rings. The van der Waals surface area contributed by atoms with Crippen LogP contribution < -0.4 is 10.1 Å². The van der Waals surface area contributed by atoms with E-state index in [1.54, 1.807) is 25.1 Å². The zero-order valence-corrected chi connectivity index (χ0v) is 13.4. The second-order valence-corrected chi connectivity index (χ2v) is 5.51. The minimum absolute atomic E-state index is 0.351. The summed E-state index contributed by atoms with van der Waals surface area (Å²) in [5.74, 6) is -0.188. The van der Waals surface area contributed by atoms with E-state index in [9.17, 15) is 9.18 Å². The molecule has 3 nitrogen and oxygen atoms in total. The SMILES string of the molecule is Cc1cc(OC(C)C(=O)Nc2cccc(F)c2)cc(C)c1Cl. The van der Waals surface area contributed by atoms with Gasteiger partial charge in [-0.1, -0.05) is 17.7 Å². The summed E-state index contributed by atoms with van der Waals surface area (Å²) in [4.78, 5) is 12.1. The molecule has 1 atom stereocenters. The molecule has 0 aliphatic heterocycles. The molecule has 0 radical (unpaired) electrons. The van der Waals surface area contributed by atoms with Crippen LogP contribution in [-0.4, -0.2) is 12.0 Å². The smallest absolute Gasteiger partial charge is 0.265 e. The number of amides is 1. The minimum atomic E-state index is -0.719. The number of aryl methyl sites for hydroxylation is 2. The van der Waals surface area contributed by atoms with Crippen LogP contribution in [0.1, 0.15) is 18.1 Å². The van der Waals surface area contributed by atoms with Crippen LogP contribution in [0.2, 0.25) is 5.02 Å². The van der Waals surface area contributed by atoms with Crippen LogP contribution in [-0.2, 0) is 4.79 Å². The number of benzene rings is 2. The maximum atomic E-state index is 13.1. The Labute approximate surface area is 134 Å². The summed E-state index contributed by atoms with van der Waals surface area (Å²) in [6.45, 7) is 5.38. The molecule has 0 aliphatic carbocycles. The van der Waals surface area contributed by atoms with Crippen LogP contribution in [0.5, 0.6) is 5.75 Å². The van der Waals surface area contributed by atoms with Gasteiger partial charge in [-0.3, -0.25) is 4.79 Å². The van der Waals surface area contributed by atoms with Crippen molar-refractivity contribution in [2.75, 3.05) is 5.32 Å². The van der Waals surface area contributed by atoms with Gasteiger partial charge in [-0.15, -0.1) is 0 Å². The van der Waals surface area contributed by atoms with Gasteiger partial charge in [0.05, 0.1) is 0 Å². The fourth-order valence-corrected chi connectivity index (χ4v) is 2.15. The third-order valence-electron chi connectivity index (χ3n) is 3.18. The zero-order valence-electron chi connectivity index (χ0n) is 12.6. The maximum absolute atomic E-state index is 13.1. The molecule has 1 unspecified atom stereocenters. The molecule has 0 fully saturated rings. The molecule has 1 amide bonds. The van der Waals surface area contributed by atoms with Gasteiger partial charge in [0.1, 0.15) is 11.6 Å². The molecule has 2 aromatic carbocycles. The van der Waals surface area contributed by atoms with Crippen molar-refractivity contribution >= 4 is 23.2 Å². The third-order valence-corrected chi connectivity index (χ3v) is 3.78. The van der Waals surface area contributed by atoms with Crippen LogP contribution in [0.25, 0.3) is 0 Å². The van der Waals surface area contributed by atoms with Gasteiger partial charge in [0.25, 0.3) is 5.91 Å². The summed E-state index contributed by atoms with van der Waals surface area (Å²) in [6.07, 6.45) is -0.719. The van der Waals surface area contributed by atoms with Crippen molar-refractivity contribution < 1.29 is 13.9 Å². The van der Waals surface area contributed by atoms with Crippen molar-refractivity contribution in [2.24, 2.45) is 0 Å². The highest BCUT2D eigenvalue weighted by Crippen LogP contribution is 2.26. The molecule has 116 valence electrons. The lowest BCUT2D eigenvalue weighted by Gasteiger charge is -2.16. The van der Waals surface area contributed by atoms with Crippen molar-refractivity contribution in [3.05, 3.63) is 58.4 Å². The standard InChI is InChI=1S/C17H17ClFNO2/c1-10-7-15(8-11(2)16(10)18)22-12(3)17(21)20-14-6-4-5-13(19)9-14/h4-9,12H,1-3H3,(H,20,21). The molecule has 2 aromatic rings. The van der Waals surface area contributed by atoms with Crippen molar-refractivity contribution in [3.63, 3.8) is 0 Å². The fraction of sp³-hybridized carbons (Fsp3) is 0.235. The zero-order chi connectivity index (χ0) is 16.3. The molecule has 0 aromatic heterocycles. The van der Waals surface area contributed by atoms with Gasteiger partial charge >= 0.3 is 0 Å². The lowest BCUT2D eigenvalue weighted by Crippen LogP contribution is -2.30. The quantitative estimate of drug-likeness (QED) is 0.900. The summed E-state index contributed by atoms with van der Waals surface area (Å²) in [5, 5.41) is 3.30. The Bertz CT molecular complexity index is 680. The molecule has 22 heavy (non-hydrogen) atoms. The molecule has 2 rings (SSSR count). The lowest BCUT2D eigenvalue weighted by atomic mass is 10.1. The largest absolute Gasteiger partial charge is 0.481 e. The average molecular weight is 322 g/mol. The first-order chi connectivity index (χ1) is 10.4. The molecule has 5 heteroatoms. The summed E-state index contributed by atoms with van der Waals surface area (Å²) < 4.78 is 18.7. The van der Waals surface area contributed by atoms with E-state index in [4.69, 9.17) is 16.3 Å². The number of rotatable bonds is 4. The predicted octanol–water partition coefficient (Wildman–Crippen LogP) is 4.50. The van der Waals surface area contributed by atoms with Gasteiger partial charge < -0.3 is 10.1 Å². The molecule has 0 saturated heterocycles. The minimum Gasteiger partial charge on any atom is -0.481 e. The van der Waals surface area contributed by atoms with Gasteiger partial charge in [-0.2, -0.15) is 0 Å². The van der Waals surface area contributed by atoms with Crippen molar-refractivity contribution in [3.8, 4) is 5.75 Å². The molecule has 0 bridgehead atoms. The molecule has 1 N–H and O–H groups in total. The van der Waals surface area contributed by atoms with Gasteiger partial charge in [-0.25, -0.2) is 4.39 Å². The van der Waals surface area contributed by atoms with E-state index < -0.39 is 11.9 Å². The van der Waals surface area contributed by atoms with E-state index in [0.717, 1.165) is 11.1 Å². The first-order valence-electron chi connectivity index (χ1n) is 6.86. The van der Waals surface area contributed by atoms with E-state index in [1.165, 1.54) is 18.2 Å². The van der Waals surface area contributed by atoms with E-state index in [-0.39, 0.29) is 5.91 Å². The molecular formula is C17H17ClFNO2. The first kappa shape index (κ1) is 16.3. The summed E-state index contributed by atoms with van der Waals surface area (Å²) in [7, 11) is 0. The van der Waals surface area contributed by atoms with Crippen LogP contribution in [0.15, 0.2) is 36.4 Å². The third kappa shape index (κ3) is 3.98. The van der Waals surface area contributed by atoms with Crippen LogP contribution in [0.4, 0.5) is 10.1 Å². The normalized spacial score (nSPS) is 11.9. The van der Waals surface area contributed by atoms with E-state index in [1.807, 2.05) is 13.8 Å². The van der Waals surface area contributed by atoms with Crippen LogP contribution >= 0.6 is 11.6 Å². The van der Waals surface area contributed by atoms with Gasteiger partial charge in [0.15, 0.2) is 6.10 Å².